The van der Waals surface area contributed by atoms with Crippen LogP contribution in [0.2, 0.25) is 0 Å². The minimum absolute atomic E-state index is 0.0886. The van der Waals surface area contributed by atoms with Gasteiger partial charge in [0.1, 0.15) is 10.9 Å². The minimum atomic E-state index is -3.80. The summed E-state index contributed by atoms with van der Waals surface area (Å²) in [5, 5.41) is 2.20. The Balaban J connectivity index is 1.82. The molecule has 3 N–H and O–H groups in total. The Hall–Kier alpha value is -2.07. The highest BCUT2D eigenvalue weighted by Crippen LogP contribution is 2.31. The smallest absolute Gasteiger partial charge is 0.285 e. The fraction of sp³-hybridized carbons (Fsp3) is 0.467. The summed E-state index contributed by atoms with van der Waals surface area (Å²) >= 11 is 0. The number of sulfonamides is 1. The number of carbonyl (C=O) groups is 1. The van der Waals surface area contributed by atoms with Gasteiger partial charge in [0, 0.05) is 12.1 Å². The van der Waals surface area contributed by atoms with Crippen molar-refractivity contribution in [3.05, 3.63) is 29.8 Å². The summed E-state index contributed by atoms with van der Waals surface area (Å²) in [7, 11) is -3.80. The van der Waals surface area contributed by atoms with Crippen LogP contribution in [0.1, 0.15) is 18.4 Å². The molecule has 3 rings (SSSR count). The SMILES string of the molecule is NCC(F)(F)CNC(=O)C1CCCN1C1=NS(=O)(=O)c2ccccc21. The second-order valence-corrected chi connectivity index (χ2v) is 7.59. The van der Waals surface area contributed by atoms with Crippen molar-refractivity contribution >= 4 is 21.8 Å². The maximum Gasteiger partial charge on any atom is 0.285 e. The molecule has 0 aromatic heterocycles. The van der Waals surface area contributed by atoms with Gasteiger partial charge in [0.15, 0.2) is 5.84 Å². The van der Waals surface area contributed by atoms with Gasteiger partial charge in [0.05, 0.1) is 13.1 Å². The lowest BCUT2D eigenvalue weighted by Gasteiger charge is -2.26. The summed E-state index contributed by atoms with van der Waals surface area (Å²) in [6.07, 6.45) is 1.06. The maximum atomic E-state index is 13.2. The highest BCUT2D eigenvalue weighted by atomic mass is 32.2. The number of alkyl halides is 2. The molecule has 10 heteroatoms. The molecule has 1 aromatic rings. The molecule has 1 unspecified atom stereocenters. The third-order valence-corrected chi connectivity index (χ3v) is 5.59. The van der Waals surface area contributed by atoms with Gasteiger partial charge in [-0.3, -0.25) is 4.79 Å². The van der Waals surface area contributed by atoms with Gasteiger partial charge in [0.2, 0.25) is 5.91 Å². The molecule has 1 atom stereocenters. The van der Waals surface area contributed by atoms with E-state index in [2.05, 4.69) is 9.71 Å². The van der Waals surface area contributed by atoms with E-state index in [0.717, 1.165) is 0 Å². The number of hydrogen-bond acceptors (Lipinski definition) is 5. The second-order valence-electron chi connectivity index (χ2n) is 6.02. The lowest BCUT2D eigenvalue weighted by atomic mass is 10.1. The van der Waals surface area contributed by atoms with E-state index < -0.39 is 41.0 Å². The molecular weight excluding hydrogens is 354 g/mol. The number of amides is 1. The summed E-state index contributed by atoms with van der Waals surface area (Å²) in [4.78, 5) is 14.0. The van der Waals surface area contributed by atoms with Crippen molar-refractivity contribution in [2.45, 2.75) is 29.7 Å². The van der Waals surface area contributed by atoms with Gasteiger partial charge in [-0.15, -0.1) is 4.40 Å². The van der Waals surface area contributed by atoms with Gasteiger partial charge in [-0.2, -0.15) is 8.42 Å². The molecule has 0 saturated carbocycles. The standard InChI is InChI=1S/C15H18F2N4O3S/c16-15(17,8-18)9-19-14(22)11-5-3-7-21(11)13-10-4-1-2-6-12(10)25(23,24)20-13/h1-2,4,6,11H,3,5,7-9,18H2,(H,19,22). The lowest BCUT2D eigenvalue weighted by Crippen LogP contribution is -2.49. The Labute approximate surface area is 144 Å². The molecule has 1 fully saturated rings. The first-order valence-corrected chi connectivity index (χ1v) is 9.26. The predicted molar refractivity (Wildman–Crippen MR) is 86.9 cm³/mol. The molecule has 1 amide bonds. The van der Waals surface area contributed by atoms with Gasteiger partial charge in [0.25, 0.3) is 15.9 Å². The molecule has 0 aliphatic carbocycles. The maximum absolute atomic E-state index is 13.2. The van der Waals surface area contributed by atoms with Crippen molar-refractivity contribution in [2.24, 2.45) is 10.1 Å². The number of carbonyl (C=O) groups excluding carboxylic acids is 1. The van der Waals surface area contributed by atoms with Crippen LogP contribution in [0.3, 0.4) is 0 Å². The van der Waals surface area contributed by atoms with Crippen LogP contribution >= 0.6 is 0 Å². The van der Waals surface area contributed by atoms with Gasteiger partial charge < -0.3 is 16.0 Å². The van der Waals surface area contributed by atoms with Crippen LogP contribution in [0, 0.1) is 0 Å². The van der Waals surface area contributed by atoms with Crippen LogP contribution in [0.4, 0.5) is 8.78 Å². The topological polar surface area (TPSA) is 105 Å². The number of halogens is 2. The van der Waals surface area contributed by atoms with E-state index in [4.69, 9.17) is 5.73 Å². The van der Waals surface area contributed by atoms with E-state index >= 15 is 0 Å². The molecular formula is C15H18F2N4O3S. The molecule has 136 valence electrons. The largest absolute Gasteiger partial charge is 0.348 e. The number of benzene rings is 1. The molecule has 1 aromatic carbocycles. The van der Waals surface area contributed by atoms with E-state index in [1.54, 1.807) is 23.1 Å². The highest BCUT2D eigenvalue weighted by Gasteiger charge is 2.39. The zero-order valence-electron chi connectivity index (χ0n) is 13.3. The summed E-state index contributed by atoms with van der Waals surface area (Å²) in [6.45, 7) is -1.29. The Morgan fingerprint density at radius 1 is 1.40 bits per heavy atom. The molecule has 2 aliphatic rings. The molecule has 0 radical (unpaired) electrons. The van der Waals surface area contributed by atoms with Gasteiger partial charge in [-0.05, 0) is 25.0 Å². The molecule has 2 heterocycles. The first-order chi connectivity index (χ1) is 11.7. The zero-order valence-corrected chi connectivity index (χ0v) is 14.1. The van der Waals surface area contributed by atoms with Crippen LogP contribution < -0.4 is 11.1 Å². The predicted octanol–water partition coefficient (Wildman–Crippen LogP) is 0.310. The summed E-state index contributed by atoms with van der Waals surface area (Å²) in [6, 6.07) is 5.61. The second kappa shape index (κ2) is 6.34. The van der Waals surface area contributed by atoms with E-state index in [1.165, 1.54) is 6.07 Å². The first-order valence-electron chi connectivity index (χ1n) is 7.82. The lowest BCUT2D eigenvalue weighted by molar-refractivity contribution is -0.126. The summed E-state index contributed by atoms with van der Waals surface area (Å²) in [5.74, 6) is -3.58. The molecule has 1 saturated heterocycles. The van der Waals surface area contributed by atoms with Crippen LogP contribution in [-0.2, 0) is 14.8 Å². The van der Waals surface area contributed by atoms with Crippen molar-refractivity contribution in [3.63, 3.8) is 0 Å². The normalized spacial score (nSPS) is 21.8. The minimum Gasteiger partial charge on any atom is -0.348 e. The number of amidine groups is 1. The Bertz CT molecular complexity index is 826. The molecule has 7 nitrogen and oxygen atoms in total. The quantitative estimate of drug-likeness (QED) is 0.792. The number of rotatable bonds is 4. The fourth-order valence-corrected chi connectivity index (χ4v) is 4.21. The molecule has 25 heavy (non-hydrogen) atoms. The summed E-state index contributed by atoms with van der Waals surface area (Å²) in [5.41, 5.74) is 5.38. The fourth-order valence-electron chi connectivity index (χ4n) is 2.99. The highest BCUT2D eigenvalue weighted by molar-refractivity contribution is 7.90. The third-order valence-electron chi connectivity index (χ3n) is 4.26. The van der Waals surface area contributed by atoms with Crippen molar-refractivity contribution < 1.29 is 22.0 Å². The van der Waals surface area contributed by atoms with E-state index in [-0.39, 0.29) is 10.7 Å². The van der Waals surface area contributed by atoms with E-state index in [0.29, 0.717) is 24.9 Å². The third kappa shape index (κ3) is 3.36. The average Bonchev–Trinajstić information content (AvgIpc) is 3.16. The van der Waals surface area contributed by atoms with Crippen LogP contribution in [-0.4, -0.2) is 56.7 Å². The number of likely N-dealkylation sites (tertiary alicyclic amines) is 1. The first kappa shape index (κ1) is 17.7. The average molecular weight is 372 g/mol. The number of hydrogen-bond donors (Lipinski definition) is 2. The van der Waals surface area contributed by atoms with Crippen LogP contribution in [0.15, 0.2) is 33.6 Å². The monoisotopic (exact) mass is 372 g/mol. The van der Waals surface area contributed by atoms with Gasteiger partial charge in [-0.25, -0.2) is 8.78 Å². The van der Waals surface area contributed by atoms with Gasteiger partial charge >= 0.3 is 0 Å². The van der Waals surface area contributed by atoms with Crippen LogP contribution in [0.25, 0.3) is 0 Å². The number of nitrogens with one attached hydrogen (secondary N) is 1. The van der Waals surface area contributed by atoms with Crippen molar-refractivity contribution in [3.8, 4) is 0 Å². The molecule has 2 aliphatic heterocycles. The van der Waals surface area contributed by atoms with Crippen molar-refractivity contribution in [1.82, 2.24) is 10.2 Å². The van der Waals surface area contributed by atoms with Crippen molar-refractivity contribution in [2.75, 3.05) is 19.6 Å². The Kier molecular flexibility index (Phi) is 4.50. The molecule has 0 spiro atoms. The van der Waals surface area contributed by atoms with Crippen LogP contribution in [0.5, 0.6) is 0 Å². The van der Waals surface area contributed by atoms with Gasteiger partial charge in [-0.1, -0.05) is 12.1 Å². The Morgan fingerprint density at radius 2 is 2.12 bits per heavy atom. The Morgan fingerprint density at radius 3 is 2.84 bits per heavy atom. The van der Waals surface area contributed by atoms with Crippen molar-refractivity contribution in [1.29, 1.82) is 0 Å². The number of nitrogens with zero attached hydrogens (tertiary/aromatic N) is 2. The number of fused-ring (bicyclic) bond motifs is 1. The summed E-state index contributed by atoms with van der Waals surface area (Å²) < 4.78 is 54.6. The number of nitrogens with two attached hydrogens (primary N) is 1. The zero-order chi connectivity index (χ0) is 18.2. The molecule has 0 bridgehead atoms. The van der Waals surface area contributed by atoms with E-state index in [1.807, 2.05) is 0 Å². The van der Waals surface area contributed by atoms with E-state index in [9.17, 15) is 22.0 Å².